The van der Waals surface area contributed by atoms with Crippen LogP contribution in [0.25, 0.3) is 0 Å². The normalized spacial score (nSPS) is 20.4. The number of carbonyl (C=O) groups excluding carboxylic acids is 7. The van der Waals surface area contributed by atoms with E-state index in [0.29, 0.717) is 43.5 Å². The van der Waals surface area contributed by atoms with E-state index in [1.165, 1.54) is 38.5 Å². The molecular formula is C59H82N8O13. The molecule has 1 aliphatic carbocycles. The lowest BCUT2D eigenvalue weighted by atomic mass is 9.89. The second-order valence-electron chi connectivity index (χ2n) is 22.8. The lowest BCUT2D eigenvalue weighted by Crippen LogP contribution is -2.61. The zero-order chi connectivity index (χ0) is 58.6. The average Bonchev–Trinajstić information content (AvgIpc) is 4.25. The molecule has 3 fully saturated rings. The number of rotatable bonds is 24. The van der Waals surface area contributed by atoms with Crippen LogP contribution in [0.4, 0.5) is 21.0 Å². The zero-order valence-corrected chi connectivity index (χ0v) is 48.1. The van der Waals surface area contributed by atoms with Gasteiger partial charge < -0.3 is 50.0 Å². The second-order valence-corrected chi connectivity index (χ2v) is 22.8. The van der Waals surface area contributed by atoms with Crippen molar-refractivity contribution in [2.24, 2.45) is 23.7 Å². The van der Waals surface area contributed by atoms with E-state index in [1.54, 1.807) is 73.7 Å². The molecular weight excluding hydrogens is 1030 g/mol. The maximum absolute atomic E-state index is 14.7. The van der Waals surface area contributed by atoms with Gasteiger partial charge in [0.05, 0.1) is 41.6 Å². The molecule has 2 heterocycles. The number of fused-ring (bicyclic) bond motifs is 2. The van der Waals surface area contributed by atoms with Crippen molar-refractivity contribution in [1.29, 1.82) is 0 Å². The van der Waals surface area contributed by atoms with E-state index >= 15 is 0 Å². The van der Waals surface area contributed by atoms with Gasteiger partial charge in [0.2, 0.25) is 29.5 Å². The number of amides is 7. The molecule has 2 saturated heterocycles. The van der Waals surface area contributed by atoms with Gasteiger partial charge >= 0.3 is 12.2 Å². The highest BCUT2D eigenvalue weighted by Gasteiger charge is 2.53. The Morgan fingerprint density at radius 1 is 0.838 bits per heavy atom. The number of methoxy groups -OCH3 is 2. The van der Waals surface area contributed by atoms with E-state index in [2.05, 4.69) is 21.3 Å². The Balaban J connectivity index is 1.09. The number of anilines is 1. The van der Waals surface area contributed by atoms with Gasteiger partial charge in [0, 0.05) is 64.6 Å². The van der Waals surface area contributed by atoms with Crippen molar-refractivity contribution < 1.29 is 57.4 Å². The number of hydrogen-bond donors (Lipinski definition) is 4. The predicted molar refractivity (Wildman–Crippen MR) is 299 cm³/mol. The smallest absolute Gasteiger partial charge is 0.412 e. The minimum Gasteiger partial charge on any atom is -0.444 e. The number of nitrogens with zero attached hydrogens (tertiary/aromatic N) is 4. The summed E-state index contributed by atoms with van der Waals surface area (Å²) < 4.78 is 23.1. The molecule has 7 amide bonds. The van der Waals surface area contributed by atoms with Gasteiger partial charge in [-0.2, -0.15) is 0 Å². The average molecular weight is 1110 g/mol. The van der Waals surface area contributed by atoms with Crippen molar-refractivity contribution in [3.05, 3.63) is 100 Å². The van der Waals surface area contributed by atoms with Crippen molar-refractivity contribution in [3.8, 4) is 5.75 Å². The van der Waals surface area contributed by atoms with Crippen molar-refractivity contribution in [2.75, 3.05) is 33.1 Å². The molecule has 2 aliphatic heterocycles. The lowest BCUT2D eigenvalue weighted by Gasteiger charge is -2.41. The predicted octanol–water partition coefficient (Wildman–Crippen LogP) is 7.40. The quantitative estimate of drug-likeness (QED) is 0.0504. The zero-order valence-electron chi connectivity index (χ0n) is 48.1. The summed E-state index contributed by atoms with van der Waals surface area (Å²) in [6.07, 6.45) is 1.40. The van der Waals surface area contributed by atoms with Gasteiger partial charge in [0.15, 0.2) is 0 Å². The van der Waals surface area contributed by atoms with Crippen LogP contribution < -0.4 is 26.0 Å². The first-order chi connectivity index (χ1) is 37.9. The lowest BCUT2D eigenvalue weighted by molar-refractivity contribution is -0.384. The molecule has 3 aliphatic rings. The third-order valence-corrected chi connectivity index (χ3v) is 15.8. The number of hydrogen-bond acceptors (Lipinski definition) is 13. The maximum atomic E-state index is 14.7. The summed E-state index contributed by atoms with van der Waals surface area (Å²) in [4.78, 5) is 113. The number of piperidine rings is 1. The molecule has 6 rings (SSSR count). The summed E-state index contributed by atoms with van der Waals surface area (Å²) in [5.41, 5.74) is 1.04. The van der Waals surface area contributed by atoms with Crippen LogP contribution in [-0.2, 0) is 51.1 Å². The van der Waals surface area contributed by atoms with Crippen LogP contribution in [0.1, 0.15) is 111 Å². The molecule has 3 aromatic carbocycles. The van der Waals surface area contributed by atoms with Crippen LogP contribution in [0.2, 0.25) is 0 Å². The van der Waals surface area contributed by atoms with Crippen molar-refractivity contribution >= 4 is 53.1 Å². The first kappa shape index (κ1) is 62.1. The molecule has 21 heteroatoms. The highest BCUT2D eigenvalue weighted by Crippen LogP contribution is 2.43. The topological polar surface area (TPSA) is 257 Å². The molecule has 11 atom stereocenters. The molecule has 4 N–H and O–H groups in total. The maximum Gasteiger partial charge on any atom is 0.412 e. The number of ether oxygens (including phenoxy) is 4. The minimum atomic E-state index is -1.02. The van der Waals surface area contributed by atoms with Gasteiger partial charge in [0.25, 0.3) is 5.69 Å². The highest BCUT2D eigenvalue weighted by molar-refractivity contribution is 5.98. The molecule has 0 radical (unpaired) electrons. The molecule has 21 nitrogen and oxygen atoms in total. The first-order valence-corrected chi connectivity index (χ1v) is 27.8. The number of nitro groups is 1. The number of nitrogens with one attached hydrogen (secondary N) is 4. The monoisotopic (exact) mass is 1110 g/mol. The summed E-state index contributed by atoms with van der Waals surface area (Å²) in [5, 5.41) is 22.5. The first-order valence-electron chi connectivity index (χ1n) is 27.8. The number of non-ortho nitro benzene ring substituents is 1. The van der Waals surface area contributed by atoms with Gasteiger partial charge in [-0.15, -0.1) is 0 Å². The molecule has 1 saturated carbocycles. The van der Waals surface area contributed by atoms with Gasteiger partial charge in [0.1, 0.15) is 29.5 Å². The highest BCUT2D eigenvalue weighted by atomic mass is 16.6. The summed E-state index contributed by atoms with van der Waals surface area (Å²) in [6.45, 7) is 15.3. The molecule has 0 spiro atoms. The van der Waals surface area contributed by atoms with Crippen LogP contribution in [0.5, 0.6) is 5.75 Å². The van der Waals surface area contributed by atoms with Gasteiger partial charge in [-0.3, -0.25) is 39.0 Å². The van der Waals surface area contributed by atoms with Crippen LogP contribution in [0.15, 0.2) is 78.9 Å². The summed E-state index contributed by atoms with van der Waals surface area (Å²) in [5.74, 6) is -3.10. The molecule has 3 unspecified atom stereocenters. The fraction of sp³-hybridized carbons (Fsp3) is 0.576. The van der Waals surface area contributed by atoms with Crippen LogP contribution in [0.3, 0.4) is 0 Å². The minimum absolute atomic E-state index is 0.0468. The Hall–Kier alpha value is -7.13. The van der Waals surface area contributed by atoms with E-state index in [-0.39, 0.29) is 66.4 Å². The standard InChI is InChI=1S/C59H82N8O13/c1-12-36(4)50(64(9)56(72)49(35(2)3)63-55(71)51-40-22-25-43(32-40)66(51)58(74)80-59(6,7)8)47(77-10)33-48(68)65-30-16-19-46(65)52(78-11)37(5)53(69)62-45(31-38-17-14-13-15-18-38)54(70)61-41-23-20-39(21-24-41)34-60-57(73)79-44-28-26-42(27-29-44)67(75)76/h13-15,17-18,20-21,23-24,26-29,35-37,40,43,45-47,49-52H,12,16,19,22,25,30-34H2,1-11H3,(H,60,73)(H,61,70)(H,62,69)(H,63,71)/t36-,37+,40?,43?,45-,46-,47-,49-,50-,51?,52+/m0/s1. The van der Waals surface area contributed by atoms with E-state index in [0.717, 1.165) is 18.4 Å². The summed E-state index contributed by atoms with van der Waals surface area (Å²) in [7, 11) is 4.70. The number of benzene rings is 3. The van der Waals surface area contributed by atoms with Crippen LogP contribution in [0, 0.1) is 33.8 Å². The van der Waals surface area contributed by atoms with Gasteiger partial charge in [-0.25, -0.2) is 9.59 Å². The van der Waals surface area contributed by atoms with Crippen molar-refractivity contribution in [2.45, 2.75) is 167 Å². The fourth-order valence-corrected chi connectivity index (χ4v) is 11.4. The third kappa shape index (κ3) is 15.8. The van der Waals surface area contributed by atoms with Crippen molar-refractivity contribution in [1.82, 2.24) is 30.7 Å². The van der Waals surface area contributed by atoms with E-state index in [4.69, 9.17) is 18.9 Å². The number of nitro benzene ring substituents is 1. The Labute approximate surface area is 469 Å². The fourth-order valence-electron chi connectivity index (χ4n) is 11.4. The molecule has 3 aromatic rings. The van der Waals surface area contributed by atoms with E-state index in [9.17, 15) is 43.7 Å². The van der Waals surface area contributed by atoms with Crippen LogP contribution in [-0.4, -0.2) is 143 Å². The SMILES string of the molecule is CC[C@H](C)[C@@H]([C@H](CC(=O)N1CCC[C@H]1[C@H](OC)[C@@H](C)C(=O)N[C@@H](Cc1ccccc1)C(=O)Nc1ccc(CNC(=O)Oc2ccc([N+](=O)[O-])cc2)cc1)OC)N(C)C(=O)[C@@H](NC(=O)C1C2CCC(C2)N1C(=O)OC(C)(C)C)C(C)C. The number of likely N-dealkylation sites (N-methyl/N-ethyl adjacent to an activating group) is 1. The van der Waals surface area contributed by atoms with Crippen LogP contribution >= 0.6 is 0 Å². The molecule has 2 bridgehead atoms. The largest absolute Gasteiger partial charge is 0.444 e. The van der Waals surface area contributed by atoms with Crippen molar-refractivity contribution in [3.63, 3.8) is 0 Å². The number of carbonyl (C=O) groups is 7. The third-order valence-electron chi connectivity index (χ3n) is 15.8. The van der Waals surface area contributed by atoms with E-state index in [1.807, 2.05) is 58.0 Å². The Kier molecular flexibility index (Phi) is 21.6. The Bertz CT molecular complexity index is 2630. The summed E-state index contributed by atoms with van der Waals surface area (Å²) >= 11 is 0. The Morgan fingerprint density at radius 2 is 1.51 bits per heavy atom. The van der Waals surface area contributed by atoms with E-state index < -0.39 is 88.8 Å². The molecule has 436 valence electrons. The van der Waals surface area contributed by atoms with Gasteiger partial charge in [-0.1, -0.05) is 83.5 Å². The molecule has 80 heavy (non-hydrogen) atoms. The molecule has 0 aromatic heterocycles. The number of likely N-dealkylation sites (tertiary alicyclic amines) is 2. The Morgan fingerprint density at radius 3 is 2.11 bits per heavy atom. The second kappa shape index (κ2) is 27.8. The summed E-state index contributed by atoms with van der Waals surface area (Å²) in [6, 6.07) is 17.2. The van der Waals surface area contributed by atoms with Gasteiger partial charge in [-0.05, 0) is 106 Å².